The predicted molar refractivity (Wildman–Crippen MR) is 89.2 cm³/mol. The lowest BCUT2D eigenvalue weighted by Gasteiger charge is -2.20. The number of amides is 1. The highest BCUT2D eigenvalue weighted by Crippen LogP contribution is 2.15. The molecule has 2 rings (SSSR count). The smallest absolute Gasteiger partial charge is 0.278 e. The van der Waals surface area contributed by atoms with Gasteiger partial charge in [0, 0.05) is 18.8 Å². The van der Waals surface area contributed by atoms with E-state index in [-0.39, 0.29) is 5.91 Å². The third-order valence-electron chi connectivity index (χ3n) is 3.34. The number of para-hydroxylation sites is 1. The number of aromatic nitrogens is 2. The summed E-state index contributed by atoms with van der Waals surface area (Å²) in [5.74, 6) is 0.564. The molecule has 2 aromatic rings. The first-order chi connectivity index (χ1) is 10.8. The van der Waals surface area contributed by atoms with E-state index in [9.17, 15) is 4.79 Å². The molecule has 1 aromatic carbocycles. The average molecular weight is 298 g/mol. The highest BCUT2D eigenvalue weighted by Gasteiger charge is 2.17. The van der Waals surface area contributed by atoms with E-state index in [4.69, 9.17) is 0 Å². The maximum atomic E-state index is 12.6. The molecule has 1 heterocycles. The van der Waals surface area contributed by atoms with Crippen LogP contribution in [0.3, 0.4) is 0 Å². The fourth-order valence-corrected chi connectivity index (χ4v) is 2.11. The molecular weight excluding hydrogens is 276 g/mol. The molecule has 0 fully saturated rings. The van der Waals surface area contributed by atoms with Crippen molar-refractivity contribution in [2.24, 2.45) is 0 Å². The van der Waals surface area contributed by atoms with E-state index >= 15 is 0 Å². The summed E-state index contributed by atoms with van der Waals surface area (Å²) < 4.78 is 0. The van der Waals surface area contributed by atoms with E-state index in [1.807, 2.05) is 37.3 Å². The molecule has 0 atom stereocenters. The van der Waals surface area contributed by atoms with Gasteiger partial charge in [-0.25, -0.2) is 9.97 Å². The average Bonchev–Trinajstić information content (AvgIpc) is 2.57. The number of unbranched alkanes of at least 4 members (excludes halogenated alkanes) is 1. The minimum absolute atomic E-state index is 0.138. The van der Waals surface area contributed by atoms with Gasteiger partial charge in [0.05, 0.1) is 12.4 Å². The number of rotatable bonds is 7. The predicted octanol–water partition coefficient (Wildman–Crippen LogP) is 3.36. The zero-order chi connectivity index (χ0) is 15.8. The van der Waals surface area contributed by atoms with Crippen LogP contribution < -0.4 is 10.2 Å². The van der Waals surface area contributed by atoms with Gasteiger partial charge in [-0.3, -0.25) is 4.79 Å². The van der Waals surface area contributed by atoms with E-state index in [0.717, 1.165) is 25.1 Å². The summed E-state index contributed by atoms with van der Waals surface area (Å²) in [5.41, 5.74) is 1.22. The van der Waals surface area contributed by atoms with Gasteiger partial charge in [0.25, 0.3) is 5.91 Å². The zero-order valence-electron chi connectivity index (χ0n) is 13.1. The van der Waals surface area contributed by atoms with Crippen LogP contribution in [0, 0.1) is 0 Å². The Kier molecular flexibility index (Phi) is 5.89. The van der Waals surface area contributed by atoms with Gasteiger partial charge >= 0.3 is 0 Å². The van der Waals surface area contributed by atoms with Crippen LogP contribution in [0.4, 0.5) is 11.5 Å². The molecule has 1 N–H and O–H groups in total. The minimum atomic E-state index is -0.138. The molecule has 5 nitrogen and oxygen atoms in total. The zero-order valence-corrected chi connectivity index (χ0v) is 13.1. The third kappa shape index (κ3) is 4.04. The number of hydrogen-bond donors (Lipinski definition) is 1. The molecule has 116 valence electrons. The van der Waals surface area contributed by atoms with Crippen LogP contribution in [0.15, 0.2) is 42.7 Å². The summed E-state index contributed by atoms with van der Waals surface area (Å²) >= 11 is 0. The summed E-state index contributed by atoms with van der Waals surface area (Å²) in [6, 6.07) is 9.58. The molecule has 0 saturated carbocycles. The van der Waals surface area contributed by atoms with Crippen molar-refractivity contribution in [1.29, 1.82) is 0 Å². The van der Waals surface area contributed by atoms with E-state index in [1.165, 1.54) is 6.20 Å². The van der Waals surface area contributed by atoms with Crippen LogP contribution in [-0.2, 0) is 0 Å². The Morgan fingerprint density at radius 1 is 1.14 bits per heavy atom. The van der Waals surface area contributed by atoms with Crippen molar-refractivity contribution in [2.75, 3.05) is 23.3 Å². The van der Waals surface area contributed by atoms with Gasteiger partial charge in [0.15, 0.2) is 0 Å². The van der Waals surface area contributed by atoms with Crippen molar-refractivity contribution in [3.63, 3.8) is 0 Å². The van der Waals surface area contributed by atoms with E-state index in [1.54, 1.807) is 11.1 Å². The lowest BCUT2D eigenvalue weighted by molar-refractivity contribution is 0.0983. The number of anilines is 2. The molecule has 22 heavy (non-hydrogen) atoms. The summed E-state index contributed by atoms with van der Waals surface area (Å²) in [7, 11) is 0. The third-order valence-corrected chi connectivity index (χ3v) is 3.34. The van der Waals surface area contributed by atoms with Crippen molar-refractivity contribution in [2.45, 2.75) is 26.7 Å². The molecule has 0 aliphatic heterocycles. The van der Waals surface area contributed by atoms with Crippen LogP contribution in [0.1, 0.15) is 37.2 Å². The molecule has 0 bridgehead atoms. The molecule has 1 aromatic heterocycles. The molecule has 0 saturated heterocycles. The van der Waals surface area contributed by atoms with Gasteiger partial charge in [0.2, 0.25) is 0 Å². The van der Waals surface area contributed by atoms with Crippen molar-refractivity contribution in [3.05, 3.63) is 48.4 Å². The van der Waals surface area contributed by atoms with Crippen molar-refractivity contribution >= 4 is 17.4 Å². The summed E-state index contributed by atoms with van der Waals surface area (Å²) in [4.78, 5) is 22.7. The number of carbonyl (C=O) groups is 1. The van der Waals surface area contributed by atoms with E-state index in [0.29, 0.717) is 18.1 Å². The fourth-order valence-electron chi connectivity index (χ4n) is 2.11. The van der Waals surface area contributed by atoms with Crippen LogP contribution in [-0.4, -0.2) is 29.0 Å². The maximum absolute atomic E-state index is 12.6. The first kappa shape index (κ1) is 15.9. The Hall–Kier alpha value is -2.43. The van der Waals surface area contributed by atoms with Gasteiger partial charge in [-0.1, -0.05) is 31.5 Å². The van der Waals surface area contributed by atoms with Crippen LogP contribution in [0.2, 0.25) is 0 Å². The Morgan fingerprint density at radius 2 is 1.91 bits per heavy atom. The monoisotopic (exact) mass is 298 g/mol. The van der Waals surface area contributed by atoms with Crippen LogP contribution in [0.5, 0.6) is 0 Å². The SMILES string of the molecule is CCCCNc1cnc(C(=O)N(CC)c2ccccc2)cn1. The second-order valence-electron chi connectivity index (χ2n) is 4.95. The van der Waals surface area contributed by atoms with Crippen molar-refractivity contribution < 1.29 is 4.79 Å². The van der Waals surface area contributed by atoms with Gasteiger partial charge in [-0.15, -0.1) is 0 Å². The standard InChI is InChI=1S/C17H22N4O/c1-3-5-11-18-16-13-19-15(12-20-16)17(22)21(4-2)14-9-7-6-8-10-14/h6-10,12-13H,3-5,11H2,1-2H3,(H,18,20). The molecule has 0 unspecified atom stereocenters. The number of benzene rings is 1. The van der Waals surface area contributed by atoms with E-state index < -0.39 is 0 Å². The minimum Gasteiger partial charge on any atom is -0.369 e. The Bertz CT molecular complexity index is 583. The molecule has 0 aliphatic rings. The van der Waals surface area contributed by atoms with Gasteiger partial charge < -0.3 is 10.2 Å². The van der Waals surface area contributed by atoms with Gasteiger partial charge in [0.1, 0.15) is 11.5 Å². The number of hydrogen-bond acceptors (Lipinski definition) is 4. The normalized spacial score (nSPS) is 10.3. The van der Waals surface area contributed by atoms with Crippen molar-refractivity contribution in [3.8, 4) is 0 Å². The topological polar surface area (TPSA) is 58.1 Å². The Morgan fingerprint density at radius 3 is 2.50 bits per heavy atom. The van der Waals surface area contributed by atoms with Gasteiger partial charge in [-0.2, -0.15) is 0 Å². The molecule has 0 radical (unpaired) electrons. The van der Waals surface area contributed by atoms with Crippen LogP contribution in [0.25, 0.3) is 0 Å². The first-order valence-electron chi connectivity index (χ1n) is 7.69. The Balaban J connectivity index is 2.08. The number of nitrogens with zero attached hydrogens (tertiary/aromatic N) is 3. The second kappa shape index (κ2) is 8.12. The lowest BCUT2D eigenvalue weighted by atomic mass is 10.2. The molecule has 0 spiro atoms. The number of nitrogens with one attached hydrogen (secondary N) is 1. The summed E-state index contributed by atoms with van der Waals surface area (Å²) in [6.07, 6.45) is 5.35. The largest absolute Gasteiger partial charge is 0.369 e. The molecular formula is C17H22N4O. The van der Waals surface area contributed by atoms with E-state index in [2.05, 4.69) is 22.2 Å². The fraction of sp³-hybridized carbons (Fsp3) is 0.353. The number of carbonyl (C=O) groups excluding carboxylic acids is 1. The molecule has 1 amide bonds. The lowest BCUT2D eigenvalue weighted by Crippen LogP contribution is -2.31. The maximum Gasteiger partial charge on any atom is 0.278 e. The van der Waals surface area contributed by atoms with Crippen molar-refractivity contribution in [1.82, 2.24) is 9.97 Å². The van der Waals surface area contributed by atoms with Gasteiger partial charge in [-0.05, 0) is 25.5 Å². The first-order valence-corrected chi connectivity index (χ1v) is 7.69. The molecule has 0 aliphatic carbocycles. The van der Waals surface area contributed by atoms with Crippen LogP contribution >= 0.6 is 0 Å². The highest BCUT2D eigenvalue weighted by atomic mass is 16.2. The highest BCUT2D eigenvalue weighted by molar-refractivity contribution is 6.04. The Labute approximate surface area is 131 Å². The quantitative estimate of drug-likeness (QED) is 0.796. The molecule has 5 heteroatoms. The summed E-state index contributed by atoms with van der Waals surface area (Å²) in [5, 5.41) is 3.19. The summed E-state index contributed by atoms with van der Waals surface area (Å²) in [6.45, 7) is 5.53. The second-order valence-corrected chi connectivity index (χ2v) is 4.95.